The molecular formula is C21H22BrClN2O4S. The van der Waals surface area contributed by atoms with Crippen molar-refractivity contribution in [1.29, 1.82) is 0 Å². The normalized spacial score (nSPS) is 13.7. The molecule has 0 saturated carbocycles. The van der Waals surface area contributed by atoms with Crippen LogP contribution in [0.5, 0.6) is 11.5 Å². The van der Waals surface area contributed by atoms with Crippen LogP contribution >= 0.6 is 39.7 Å². The van der Waals surface area contributed by atoms with Crippen molar-refractivity contribution in [3.63, 3.8) is 0 Å². The van der Waals surface area contributed by atoms with Crippen molar-refractivity contribution >= 4 is 56.3 Å². The minimum atomic E-state index is -0.309. The van der Waals surface area contributed by atoms with E-state index < -0.39 is 0 Å². The van der Waals surface area contributed by atoms with Gasteiger partial charge in [0.2, 0.25) is 0 Å². The molecule has 30 heavy (non-hydrogen) atoms. The number of rotatable bonds is 6. The lowest BCUT2D eigenvalue weighted by Gasteiger charge is -2.29. The van der Waals surface area contributed by atoms with Gasteiger partial charge in [-0.1, -0.05) is 29.9 Å². The molecule has 0 aliphatic carbocycles. The molecule has 1 amide bonds. The number of hydrogen-bond donors (Lipinski definition) is 1. The van der Waals surface area contributed by atoms with Gasteiger partial charge in [-0.2, -0.15) is 0 Å². The number of methoxy groups -OCH3 is 1. The highest BCUT2D eigenvalue weighted by Crippen LogP contribution is 2.37. The van der Waals surface area contributed by atoms with Crippen LogP contribution in [0.1, 0.15) is 11.1 Å². The average Bonchev–Trinajstić information content (AvgIpc) is 2.75. The number of carbonyl (C=O) groups excluding carboxylic acids is 1. The fraction of sp³-hybridized carbons (Fsp3) is 0.333. The fourth-order valence-electron chi connectivity index (χ4n) is 2.94. The molecule has 1 heterocycles. The van der Waals surface area contributed by atoms with Gasteiger partial charge in [-0.05, 0) is 52.7 Å². The first kappa shape index (κ1) is 22.8. The van der Waals surface area contributed by atoms with E-state index in [0.29, 0.717) is 39.9 Å². The SMILES string of the molecule is COc1cc(C(=S)N2CCOCC2)cc(Br)c1OCC(=O)Nc1ccc(C)c(Cl)c1. The van der Waals surface area contributed by atoms with Gasteiger partial charge in [-0.15, -0.1) is 0 Å². The van der Waals surface area contributed by atoms with Crippen LogP contribution < -0.4 is 14.8 Å². The molecule has 2 aromatic carbocycles. The first-order valence-corrected chi connectivity index (χ1v) is 10.9. The molecule has 0 bridgehead atoms. The average molecular weight is 514 g/mol. The number of aryl methyl sites for hydroxylation is 1. The Hall–Kier alpha value is -1.87. The quantitative estimate of drug-likeness (QED) is 0.576. The van der Waals surface area contributed by atoms with E-state index in [1.165, 1.54) is 0 Å². The van der Waals surface area contributed by atoms with Crippen LogP contribution in [0.4, 0.5) is 5.69 Å². The molecule has 0 radical (unpaired) electrons. The molecule has 1 saturated heterocycles. The summed E-state index contributed by atoms with van der Waals surface area (Å²) in [6.07, 6.45) is 0. The molecule has 0 aromatic heterocycles. The number of morpholine rings is 1. The second kappa shape index (κ2) is 10.4. The number of amides is 1. The maximum atomic E-state index is 12.3. The Morgan fingerprint density at radius 2 is 2.03 bits per heavy atom. The molecule has 6 nitrogen and oxygen atoms in total. The lowest BCUT2D eigenvalue weighted by Crippen LogP contribution is -2.40. The molecule has 160 valence electrons. The Bertz CT molecular complexity index is 951. The van der Waals surface area contributed by atoms with Crippen LogP contribution in [-0.4, -0.2) is 55.8 Å². The summed E-state index contributed by atoms with van der Waals surface area (Å²) < 4.78 is 17.2. The summed E-state index contributed by atoms with van der Waals surface area (Å²) in [6.45, 7) is 4.52. The monoisotopic (exact) mass is 512 g/mol. The Morgan fingerprint density at radius 3 is 2.70 bits per heavy atom. The first-order valence-electron chi connectivity index (χ1n) is 9.32. The van der Waals surface area contributed by atoms with Crippen LogP contribution in [0.15, 0.2) is 34.8 Å². The number of ether oxygens (including phenoxy) is 3. The summed E-state index contributed by atoms with van der Waals surface area (Å²) in [5, 5.41) is 3.35. The lowest BCUT2D eigenvalue weighted by atomic mass is 10.1. The molecule has 9 heteroatoms. The zero-order valence-corrected chi connectivity index (χ0v) is 19.8. The van der Waals surface area contributed by atoms with Crippen molar-refractivity contribution in [1.82, 2.24) is 4.90 Å². The van der Waals surface area contributed by atoms with Gasteiger partial charge in [0, 0.05) is 29.4 Å². The van der Waals surface area contributed by atoms with Gasteiger partial charge >= 0.3 is 0 Å². The summed E-state index contributed by atoms with van der Waals surface area (Å²) >= 11 is 15.2. The summed E-state index contributed by atoms with van der Waals surface area (Å²) in [5.74, 6) is 0.612. The largest absolute Gasteiger partial charge is 0.493 e. The van der Waals surface area contributed by atoms with Crippen LogP contribution in [0, 0.1) is 6.92 Å². The summed E-state index contributed by atoms with van der Waals surface area (Å²) in [6, 6.07) is 9.01. The maximum Gasteiger partial charge on any atom is 0.262 e. The van der Waals surface area contributed by atoms with Crippen molar-refractivity contribution in [2.45, 2.75) is 6.92 Å². The van der Waals surface area contributed by atoms with Gasteiger partial charge < -0.3 is 24.4 Å². The zero-order valence-electron chi connectivity index (χ0n) is 16.7. The molecule has 1 fully saturated rings. The fourth-order valence-corrected chi connectivity index (χ4v) is 3.98. The summed E-state index contributed by atoms with van der Waals surface area (Å²) in [5.41, 5.74) is 2.38. The first-order chi connectivity index (χ1) is 14.4. The molecule has 0 spiro atoms. The van der Waals surface area contributed by atoms with Gasteiger partial charge in [0.05, 0.1) is 24.8 Å². The van der Waals surface area contributed by atoms with E-state index >= 15 is 0 Å². The van der Waals surface area contributed by atoms with Crippen LogP contribution in [0.2, 0.25) is 5.02 Å². The zero-order chi connectivity index (χ0) is 21.7. The highest BCUT2D eigenvalue weighted by molar-refractivity contribution is 9.10. The van der Waals surface area contributed by atoms with Crippen molar-refractivity contribution in [3.8, 4) is 11.5 Å². The van der Waals surface area contributed by atoms with Crippen LogP contribution in [0.25, 0.3) is 0 Å². The number of thiocarbonyl (C=S) groups is 1. The van der Waals surface area contributed by atoms with E-state index in [1.54, 1.807) is 19.2 Å². The highest BCUT2D eigenvalue weighted by Gasteiger charge is 2.20. The molecular weight excluding hydrogens is 492 g/mol. The summed E-state index contributed by atoms with van der Waals surface area (Å²) in [7, 11) is 1.55. The highest BCUT2D eigenvalue weighted by atomic mass is 79.9. The number of nitrogens with zero attached hydrogens (tertiary/aromatic N) is 1. The minimum Gasteiger partial charge on any atom is -0.493 e. The third kappa shape index (κ3) is 5.63. The van der Waals surface area contributed by atoms with Gasteiger partial charge in [0.15, 0.2) is 18.1 Å². The maximum absolute atomic E-state index is 12.3. The molecule has 0 atom stereocenters. The van der Waals surface area contributed by atoms with Crippen molar-refractivity contribution in [3.05, 3.63) is 51.0 Å². The third-order valence-electron chi connectivity index (χ3n) is 4.58. The van der Waals surface area contributed by atoms with Gasteiger partial charge in [0.25, 0.3) is 5.91 Å². The predicted molar refractivity (Wildman–Crippen MR) is 125 cm³/mol. The van der Waals surface area contributed by atoms with Crippen molar-refractivity contribution < 1.29 is 19.0 Å². The van der Waals surface area contributed by atoms with E-state index in [0.717, 1.165) is 29.2 Å². The van der Waals surface area contributed by atoms with Crippen LogP contribution in [-0.2, 0) is 9.53 Å². The number of hydrogen-bond acceptors (Lipinski definition) is 5. The van der Waals surface area contributed by atoms with E-state index in [2.05, 4.69) is 26.1 Å². The molecule has 1 N–H and O–H groups in total. The van der Waals surface area contributed by atoms with Gasteiger partial charge in [-0.3, -0.25) is 4.79 Å². The van der Waals surface area contributed by atoms with Gasteiger partial charge in [0.1, 0.15) is 4.99 Å². The number of nitrogens with one attached hydrogen (secondary N) is 1. The number of carbonyl (C=O) groups is 1. The third-order valence-corrected chi connectivity index (χ3v) is 6.07. The number of benzene rings is 2. The Labute approximate surface area is 194 Å². The standard InChI is InChI=1S/C21H22BrClN2O4S/c1-13-3-4-15(11-17(13)23)24-19(26)12-29-20-16(22)9-14(10-18(20)27-2)21(30)25-5-7-28-8-6-25/h3-4,9-11H,5-8,12H2,1-2H3,(H,24,26). The molecule has 1 aliphatic heterocycles. The van der Waals surface area contributed by atoms with Gasteiger partial charge in [-0.25, -0.2) is 0 Å². The Balaban J connectivity index is 1.68. The number of anilines is 1. The second-order valence-corrected chi connectivity index (χ2v) is 8.34. The molecule has 1 aliphatic rings. The second-order valence-electron chi connectivity index (χ2n) is 6.69. The van der Waals surface area contributed by atoms with Crippen molar-refractivity contribution in [2.24, 2.45) is 0 Å². The van der Waals surface area contributed by atoms with Crippen molar-refractivity contribution in [2.75, 3.05) is 45.3 Å². The van der Waals surface area contributed by atoms with E-state index in [9.17, 15) is 4.79 Å². The van der Waals surface area contributed by atoms with E-state index in [-0.39, 0.29) is 12.5 Å². The Kier molecular flexibility index (Phi) is 7.93. The van der Waals surface area contributed by atoms with E-state index in [4.69, 9.17) is 38.0 Å². The molecule has 3 rings (SSSR count). The number of halogens is 2. The minimum absolute atomic E-state index is 0.187. The smallest absolute Gasteiger partial charge is 0.262 e. The predicted octanol–water partition coefficient (Wildman–Crippen LogP) is 4.44. The topological polar surface area (TPSA) is 60.0 Å². The summed E-state index contributed by atoms with van der Waals surface area (Å²) in [4.78, 5) is 15.1. The Morgan fingerprint density at radius 1 is 1.30 bits per heavy atom. The van der Waals surface area contributed by atoms with Crippen LogP contribution in [0.3, 0.4) is 0 Å². The lowest BCUT2D eigenvalue weighted by molar-refractivity contribution is -0.118. The molecule has 0 unspecified atom stereocenters. The van der Waals surface area contributed by atoms with E-state index in [1.807, 2.05) is 25.1 Å². The molecule has 2 aromatic rings.